The maximum Gasteiger partial charge on any atom is 0.312 e. The van der Waals surface area contributed by atoms with Crippen LogP contribution in [0, 0.1) is 0 Å². The standard InChI is InChI=1S/C19H19N2S2/c1-13(2)18-21(14-9-5-4-6-10-14)17-19(23-18)22-16-12-8-7-11-15(16)20(17)3/h4-13H,1-3H3/q+1. The van der Waals surface area contributed by atoms with Crippen molar-refractivity contribution in [3.63, 3.8) is 0 Å². The Bertz CT molecular complexity index is 853. The van der Waals surface area contributed by atoms with E-state index < -0.39 is 0 Å². The Morgan fingerprint density at radius 3 is 2.39 bits per heavy atom. The van der Waals surface area contributed by atoms with E-state index in [-0.39, 0.29) is 0 Å². The normalized spacial score (nSPS) is 13.1. The van der Waals surface area contributed by atoms with E-state index in [0.717, 1.165) is 0 Å². The zero-order valence-electron chi connectivity index (χ0n) is 13.5. The summed E-state index contributed by atoms with van der Waals surface area (Å²) in [4.78, 5) is 3.66. The number of para-hydroxylation sites is 2. The fourth-order valence-corrected chi connectivity index (χ4v) is 5.67. The van der Waals surface area contributed by atoms with Crippen molar-refractivity contribution in [3.8, 4) is 5.69 Å². The molecule has 0 spiro atoms. The van der Waals surface area contributed by atoms with Crippen LogP contribution in [0.4, 0.5) is 11.5 Å². The lowest BCUT2D eigenvalue weighted by Crippen LogP contribution is -2.39. The molecule has 2 nitrogen and oxygen atoms in total. The Labute approximate surface area is 145 Å². The third kappa shape index (κ3) is 2.37. The maximum absolute atomic E-state index is 2.42. The van der Waals surface area contributed by atoms with Crippen LogP contribution in [-0.4, -0.2) is 7.05 Å². The highest BCUT2D eigenvalue weighted by Crippen LogP contribution is 2.50. The quantitative estimate of drug-likeness (QED) is 0.579. The van der Waals surface area contributed by atoms with E-state index >= 15 is 0 Å². The lowest BCUT2D eigenvalue weighted by Gasteiger charge is -2.20. The molecule has 0 fully saturated rings. The lowest BCUT2D eigenvalue weighted by molar-refractivity contribution is -0.587. The second-order valence-electron chi connectivity index (χ2n) is 6.01. The van der Waals surface area contributed by atoms with Gasteiger partial charge in [-0.3, -0.25) is 0 Å². The highest BCUT2D eigenvalue weighted by atomic mass is 32.2. The summed E-state index contributed by atoms with van der Waals surface area (Å²) in [6, 6.07) is 19.3. The highest BCUT2D eigenvalue weighted by molar-refractivity contribution is 8.01. The molecule has 4 rings (SSSR count). The molecule has 2 heterocycles. The second-order valence-corrected chi connectivity index (χ2v) is 8.35. The third-order valence-electron chi connectivity index (χ3n) is 4.07. The van der Waals surface area contributed by atoms with Crippen molar-refractivity contribution in [2.24, 2.45) is 0 Å². The van der Waals surface area contributed by atoms with E-state index in [1.54, 1.807) is 0 Å². The molecule has 0 radical (unpaired) electrons. The average Bonchev–Trinajstić information content (AvgIpc) is 2.96. The molecule has 0 atom stereocenters. The molecule has 0 saturated heterocycles. The van der Waals surface area contributed by atoms with Crippen molar-refractivity contribution in [3.05, 3.63) is 59.6 Å². The molecule has 0 unspecified atom stereocenters. The molecule has 0 amide bonds. The Balaban J connectivity index is 1.97. The third-order valence-corrected chi connectivity index (χ3v) is 6.73. The molecule has 1 aliphatic rings. The molecular formula is C19H19N2S2+. The first kappa shape index (κ1) is 14.8. The molecule has 2 aromatic carbocycles. The first-order valence-corrected chi connectivity index (χ1v) is 9.45. The number of nitrogens with zero attached hydrogens (tertiary/aromatic N) is 2. The average molecular weight is 340 g/mol. The molecule has 3 aromatic rings. The molecule has 0 aliphatic carbocycles. The fraction of sp³-hybridized carbons (Fsp3) is 0.211. The van der Waals surface area contributed by atoms with Gasteiger partial charge >= 0.3 is 5.82 Å². The largest absolute Gasteiger partial charge is 0.312 e. The molecule has 23 heavy (non-hydrogen) atoms. The first-order chi connectivity index (χ1) is 11.2. The Kier molecular flexibility index (Phi) is 3.66. The molecule has 1 aliphatic heterocycles. The van der Waals surface area contributed by atoms with Gasteiger partial charge in [-0.2, -0.15) is 4.57 Å². The van der Waals surface area contributed by atoms with E-state index in [1.165, 1.54) is 31.3 Å². The first-order valence-electron chi connectivity index (χ1n) is 7.81. The van der Waals surface area contributed by atoms with Crippen LogP contribution in [0.1, 0.15) is 24.8 Å². The minimum atomic E-state index is 0.489. The van der Waals surface area contributed by atoms with Crippen LogP contribution in [0.25, 0.3) is 5.69 Å². The summed E-state index contributed by atoms with van der Waals surface area (Å²) in [7, 11) is 2.17. The number of rotatable bonds is 2. The molecule has 116 valence electrons. The summed E-state index contributed by atoms with van der Waals surface area (Å²) in [6.07, 6.45) is 0. The highest BCUT2D eigenvalue weighted by Gasteiger charge is 2.36. The van der Waals surface area contributed by atoms with Crippen molar-refractivity contribution in [1.29, 1.82) is 0 Å². The van der Waals surface area contributed by atoms with Gasteiger partial charge in [0.15, 0.2) is 9.22 Å². The predicted octanol–water partition coefficient (Wildman–Crippen LogP) is 5.38. The summed E-state index contributed by atoms with van der Waals surface area (Å²) in [5.74, 6) is 1.77. The van der Waals surface area contributed by atoms with Gasteiger partial charge in [0.1, 0.15) is 11.4 Å². The van der Waals surface area contributed by atoms with Gasteiger partial charge in [0, 0.05) is 5.92 Å². The Morgan fingerprint density at radius 2 is 1.65 bits per heavy atom. The number of hydrogen-bond donors (Lipinski definition) is 0. The monoisotopic (exact) mass is 339 g/mol. The van der Waals surface area contributed by atoms with Gasteiger partial charge < -0.3 is 0 Å². The van der Waals surface area contributed by atoms with Crippen LogP contribution >= 0.6 is 23.1 Å². The fourth-order valence-electron chi connectivity index (χ4n) is 2.97. The summed E-state index contributed by atoms with van der Waals surface area (Å²) >= 11 is 3.81. The summed E-state index contributed by atoms with van der Waals surface area (Å²) < 4.78 is 3.80. The second kappa shape index (κ2) is 5.69. The van der Waals surface area contributed by atoms with Gasteiger partial charge in [-0.05, 0) is 24.3 Å². The number of thiazole rings is 1. The van der Waals surface area contributed by atoms with Crippen molar-refractivity contribution in [2.45, 2.75) is 28.9 Å². The minimum absolute atomic E-state index is 0.489. The van der Waals surface area contributed by atoms with Gasteiger partial charge in [-0.1, -0.05) is 67.3 Å². The van der Waals surface area contributed by atoms with E-state index in [0.29, 0.717) is 5.92 Å². The summed E-state index contributed by atoms with van der Waals surface area (Å²) in [5.41, 5.74) is 2.52. The van der Waals surface area contributed by atoms with Crippen molar-refractivity contribution in [1.82, 2.24) is 0 Å². The zero-order chi connectivity index (χ0) is 16.0. The maximum atomic E-state index is 2.42. The van der Waals surface area contributed by atoms with Crippen molar-refractivity contribution >= 4 is 34.6 Å². The number of benzene rings is 2. The molecule has 0 bridgehead atoms. The zero-order valence-corrected chi connectivity index (χ0v) is 15.1. The number of anilines is 2. The van der Waals surface area contributed by atoms with Gasteiger partial charge in [0.05, 0.1) is 11.9 Å². The number of hydrogen-bond acceptors (Lipinski definition) is 3. The number of fused-ring (bicyclic) bond motifs is 2. The van der Waals surface area contributed by atoms with E-state index in [1.807, 2.05) is 23.1 Å². The molecule has 0 N–H and O–H groups in total. The Hall–Kier alpha value is -1.78. The van der Waals surface area contributed by atoms with Crippen LogP contribution in [0.15, 0.2) is 63.7 Å². The lowest BCUT2D eigenvalue weighted by atomic mass is 10.2. The van der Waals surface area contributed by atoms with E-state index in [9.17, 15) is 0 Å². The van der Waals surface area contributed by atoms with Gasteiger partial charge in [0.25, 0.3) is 0 Å². The van der Waals surface area contributed by atoms with Crippen LogP contribution in [0.5, 0.6) is 0 Å². The van der Waals surface area contributed by atoms with Gasteiger partial charge in [0.2, 0.25) is 0 Å². The molecule has 0 saturated carbocycles. The van der Waals surface area contributed by atoms with Crippen molar-refractivity contribution in [2.75, 3.05) is 11.9 Å². The van der Waals surface area contributed by atoms with Crippen LogP contribution in [0.3, 0.4) is 0 Å². The van der Waals surface area contributed by atoms with Crippen LogP contribution < -0.4 is 9.47 Å². The minimum Gasteiger partial charge on any atom is -0.227 e. The SMILES string of the molecule is CC(C)c1sc2c([n+]1-c1ccccc1)N(C)c1ccccc1S2. The topological polar surface area (TPSA) is 7.12 Å². The van der Waals surface area contributed by atoms with Gasteiger partial charge in [-0.15, -0.1) is 0 Å². The Morgan fingerprint density at radius 1 is 0.957 bits per heavy atom. The van der Waals surface area contributed by atoms with E-state index in [2.05, 4.69) is 85.0 Å². The smallest absolute Gasteiger partial charge is 0.227 e. The van der Waals surface area contributed by atoms with E-state index in [4.69, 9.17) is 0 Å². The van der Waals surface area contributed by atoms with Crippen molar-refractivity contribution < 1.29 is 4.57 Å². The van der Waals surface area contributed by atoms with Gasteiger partial charge in [-0.25, -0.2) is 4.90 Å². The van der Waals surface area contributed by atoms with Crippen LogP contribution in [0.2, 0.25) is 0 Å². The summed E-state index contributed by atoms with van der Waals surface area (Å²) in [6.45, 7) is 4.54. The number of aromatic nitrogens is 1. The molecular weight excluding hydrogens is 320 g/mol. The summed E-state index contributed by atoms with van der Waals surface area (Å²) in [5, 5.41) is 1.40. The van der Waals surface area contributed by atoms with Crippen LogP contribution in [-0.2, 0) is 0 Å². The molecule has 1 aromatic heterocycles. The predicted molar refractivity (Wildman–Crippen MR) is 98.6 cm³/mol. The molecule has 4 heteroatoms.